The summed E-state index contributed by atoms with van der Waals surface area (Å²) in [6.45, 7) is 5.24. The van der Waals surface area contributed by atoms with E-state index < -0.39 is 56.6 Å². The van der Waals surface area contributed by atoms with E-state index in [9.17, 15) is 27.6 Å². The Morgan fingerprint density at radius 1 is 1.02 bits per heavy atom. The number of piperidine rings is 1. The maximum Gasteiger partial charge on any atom is 0.259 e. The van der Waals surface area contributed by atoms with E-state index in [1.807, 2.05) is 59.5 Å². The fraction of sp³-hybridized carbons (Fsp3) is 0.512. The number of fused-ring (bicyclic) bond motifs is 1. The lowest BCUT2D eigenvalue weighted by Gasteiger charge is -2.31. The smallest absolute Gasteiger partial charge is 0.259 e. The minimum atomic E-state index is -3.89. The number of carbonyl (C=O) groups excluding carboxylic acids is 4. The predicted octanol–water partition coefficient (Wildman–Crippen LogP) is 4.75. The van der Waals surface area contributed by atoms with Crippen LogP contribution in [-0.4, -0.2) is 96.5 Å². The predicted molar refractivity (Wildman–Crippen MR) is 213 cm³/mol. The van der Waals surface area contributed by atoms with Crippen molar-refractivity contribution in [1.82, 2.24) is 24.8 Å². The summed E-state index contributed by atoms with van der Waals surface area (Å²) in [6.07, 6.45) is 7.67. The van der Waals surface area contributed by atoms with Crippen LogP contribution < -0.4 is 19.5 Å². The quantitative estimate of drug-likeness (QED) is 0.207. The lowest BCUT2D eigenvalue weighted by molar-refractivity contribution is -0.145. The molecule has 3 aliphatic carbocycles. The minimum absolute atomic E-state index is 0.0480. The van der Waals surface area contributed by atoms with Gasteiger partial charge in [0.2, 0.25) is 27.7 Å². The number of likely N-dealkylation sites (tertiary alicyclic amines) is 2. The zero-order chi connectivity index (χ0) is 39.9. The molecule has 4 amide bonds. The van der Waals surface area contributed by atoms with Crippen LogP contribution in [0.4, 0.5) is 0 Å². The number of amides is 4. The first-order chi connectivity index (χ1) is 27.5. The topological polar surface area (TPSA) is 164 Å². The summed E-state index contributed by atoms with van der Waals surface area (Å²) in [5, 5.41) is 2.98. The maximum absolute atomic E-state index is 14.8. The van der Waals surface area contributed by atoms with Crippen molar-refractivity contribution >= 4 is 44.6 Å². The molecule has 2 N–H and O–H groups in total. The van der Waals surface area contributed by atoms with Crippen LogP contribution in [0.1, 0.15) is 70.6 Å². The fourth-order valence-electron chi connectivity index (χ4n) is 8.48. The van der Waals surface area contributed by atoms with Gasteiger partial charge in [0.15, 0.2) is 0 Å². The number of aromatic nitrogens is 1. The van der Waals surface area contributed by atoms with E-state index >= 15 is 0 Å². The van der Waals surface area contributed by atoms with E-state index in [1.165, 1.54) is 4.90 Å². The number of nitrogens with zero attached hydrogens (tertiary/aromatic N) is 3. The van der Waals surface area contributed by atoms with Gasteiger partial charge in [0, 0.05) is 60.8 Å². The Hall–Kier alpha value is -4.98. The number of benzene rings is 2. The van der Waals surface area contributed by atoms with Crippen LogP contribution in [0.3, 0.4) is 0 Å². The van der Waals surface area contributed by atoms with Crippen molar-refractivity contribution < 1.29 is 37.1 Å². The van der Waals surface area contributed by atoms with Gasteiger partial charge in [-0.25, -0.2) is 13.4 Å². The first kappa shape index (κ1) is 38.9. The van der Waals surface area contributed by atoms with Crippen LogP contribution in [0.2, 0.25) is 0 Å². The van der Waals surface area contributed by atoms with Crippen LogP contribution in [0.25, 0.3) is 22.2 Å². The Labute approximate surface area is 333 Å². The molecule has 1 aromatic heterocycles. The van der Waals surface area contributed by atoms with E-state index in [4.69, 9.17) is 14.5 Å². The zero-order valence-corrected chi connectivity index (χ0v) is 33.2. The number of sulfonamides is 1. The van der Waals surface area contributed by atoms with E-state index in [1.54, 1.807) is 13.2 Å². The molecule has 14 heteroatoms. The van der Waals surface area contributed by atoms with Crippen LogP contribution in [-0.2, 0) is 29.2 Å². The lowest BCUT2D eigenvalue weighted by Crippen LogP contribution is -2.57. The number of rotatable bonds is 15. The van der Waals surface area contributed by atoms with Gasteiger partial charge in [0.1, 0.15) is 29.2 Å². The molecule has 5 aliphatic rings. The van der Waals surface area contributed by atoms with E-state index in [0.29, 0.717) is 61.0 Å². The molecule has 0 bridgehead atoms. The third kappa shape index (κ3) is 8.37. The molecule has 8 rings (SSSR count). The molecule has 3 heterocycles. The largest absolute Gasteiger partial charge is 0.497 e. The summed E-state index contributed by atoms with van der Waals surface area (Å²) in [5.74, 6) is -1.36. The molecule has 0 radical (unpaired) electrons. The van der Waals surface area contributed by atoms with E-state index in [2.05, 4.69) is 16.6 Å². The zero-order valence-electron chi connectivity index (χ0n) is 32.4. The standard InChI is InChI=1S/C43H51N5O8S/c1-3-30-25-43(30,42(52)46-57(53,54)33-15-16-33)45-40(50)37-23-32(26-48(37)41(51)29(20-27-12-13-27)21-39(49)47-18-8-5-9-19-47)56-38-24-35(28-10-6-4-7-11-28)44-36-22-31(55-2)14-17-34(36)38/h3-4,6-7,10-11,14,17,22,24,27,29-30,32-33,37H,1,5,8-9,12-13,15-16,18-21,23,25-26H2,2H3,(H,45,50)(H,46,52)/t29-,30?,32-,37+,43-/m1/s1. The molecule has 13 nitrogen and oxygen atoms in total. The molecule has 2 aliphatic heterocycles. The highest BCUT2D eigenvalue weighted by atomic mass is 32.2. The number of ether oxygens (including phenoxy) is 2. The number of pyridine rings is 1. The van der Waals surface area contributed by atoms with Crippen molar-refractivity contribution in [3.05, 3.63) is 67.3 Å². The molecule has 3 aromatic rings. The fourth-order valence-corrected chi connectivity index (χ4v) is 9.84. The highest BCUT2D eigenvalue weighted by molar-refractivity contribution is 7.91. The van der Waals surface area contributed by atoms with Crippen molar-refractivity contribution in [2.75, 3.05) is 26.7 Å². The Morgan fingerprint density at radius 2 is 1.77 bits per heavy atom. The second-order valence-electron chi connectivity index (χ2n) is 16.4. The summed E-state index contributed by atoms with van der Waals surface area (Å²) < 4.78 is 40.1. The molecule has 302 valence electrons. The van der Waals surface area contributed by atoms with Gasteiger partial charge in [-0.1, -0.05) is 49.2 Å². The van der Waals surface area contributed by atoms with E-state index in [0.717, 1.165) is 43.1 Å². The van der Waals surface area contributed by atoms with Gasteiger partial charge >= 0.3 is 0 Å². The first-order valence-electron chi connectivity index (χ1n) is 20.3. The third-order valence-electron chi connectivity index (χ3n) is 12.2. The van der Waals surface area contributed by atoms with Crippen molar-refractivity contribution in [2.24, 2.45) is 17.8 Å². The second-order valence-corrected chi connectivity index (χ2v) is 18.4. The number of methoxy groups -OCH3 is 1. The average Bonchev–Trinajstić information content (AvgIpc) is 4.13. The first-order valence-corrected chi connectivity index (χ1v) is 21.8. The molecule has 2 saturated heterocycles. The van der Waals surface area contributed by atoms with E-state index in [-0.39, 0.29) is 37.6 Å². The average molecular weight is 798 g/mol. The van der Waals surface area contributed by atoms with Gasteiger partial charge in [0.25, 0.3) is 5.91 Å². The summed E-state index contributed by atoms with van der Waals surface area (Å²) in [4.78, 5) is 64.8. The second kappa shape index (κ2) is 15.8. The van der Waals surface area contributed by atoms with Crippen molar-refractivity contribution in [3.8, 4) is 22.8 Å². The van der Waals surface area contributed by atoms with Crippen molar-refractivity contribution in [1.29, 1.82) is 0 Å². The molecule has 0 spiro atoms. The summed E-state index contributed by atoms with van der Waals surface area (Å²) >= 11 is 0. The van der Waals surface area contributed by atoms with Crippen LogP contribution in [0.15, 0.2) is 67.3 Å². The summed E-state index contributed by atoms with van der Waals surface area (Å²) in [5.41, 5.74) is 0.676. The van der Waals surface area contributed by atoms with Crippen molar-refractivity contribution in [3.63, 3.8) is 0 Å². The molecule has 1 unspecified atom stereocenters. The number of hydrogen-bond donors (Lipinski definition) is 2. The van der Waals surface area contributed by atoms with Gasteiger partial charge in [-0.2, -0.15) is 0 Å². The molecule has 5 fully saturated rings. The monoisotopic (exact) mass is 797 g/mol. The highest BCUT2D eigenvalue weighted by Gasteiger charge is 2.62. The van der Waals surface area contributed by atoms with Gasteiger partial charge in [0.05, 0.1) is 30.1 Å². The molecular formula is C43H51N5O8S. The maximum atomic E-state index is 14.8. The Bertz CT molecular complexity index is 2170. The van der Waals surface area contributed by atoms with Crippen molar-refractivity contribution in [2.45, 2.75) is 93.6 Å². The Morgan fingerprint density at radius 3 is 2.44 bits per heavy atom. The molecule has 5 atom stereocenters. The Kier molecular flexibility index (Phi) is 10.7. The minimum Gasteiger partial charge on any atom is -0.497 e. The third-order valence-corrected chi connectivity index (χ3v) is 14.1. The number of carbonyl (C=O) groups is 4. The van der Waals surface area contributed by atoms with Gasteiger partial charge in [-0.3, -0.25) is 23.9 Å². The van der Waals surface area contributed by atoms with Gasteiger partial charge < -0.3 is 24.6 Å². The molecule has 2 aromatic carbocycles. The normalized spacial score (nSPS) is 25.0. The van der Waals surface area contributed by atoms with Gasteiger partial charge in [-0.05, 0) is 63.0 Å². The van der Waals surface area contributed by atoms with Crippen LogP contribution in [0.5, 0.6) is 11.5 Å². The lowest BCUT2D eigenvalue weighted by atomic mass is 9.95. The summed E-state index contributed by atoms with van der Waals surface area (Å²) in [6, 6.07) is 16.0. The highest BCUT2D eigenvalue weighted by Crippen LogP contribution is 2.46. The van der Waals surface area contributed by atoms with Crippen LogP contribution >= 0.6 is 0 Å². The molecule has 3 saturated carbocycles. The van der Waals surface area contributed by atoms with Crippen LogP contribution in [0, 0.1) is 17.8 Å². The summed E-state index contributed by atoms with van der Waals surface area (Å²) in [7, 11) is -2.30. The SMILES string of the molecule is C=CC1C[C@]1(NC(=O)[C@@H]1C[C@@H](Oc2cc(-c3ccccc3)nc3cc(OC)ccc23)CN1C(=O)[C@@H](CC(=O)N1CCCCC1)CC1CC1)C(=O)NS(=O)(=O)C1CC1. The van der Waals surface area contributed by atoms with Gasteiger partial charge in [-0.15, -0.1) is 6.58 Å². The number of nitrogens with one attached hydrogen (secondary N) is 2. The Balaban J connectivity index is 1.10. The molecular weight excluding hydrogens is 747 g/mol. The number of hydrogen-bond acceptors (Lipinski definition) is 9. The molecule has 57 heavy (non-hydrogen) atoms.